The van der Waals surface area contributed by atoms with E-state index in [1.807, 2.05) is 0 Å². The number of amides is 2. The molecule has 0 aliphatic heterocycles. The molecule has 0 aliphatic rings. The fourth-order valence-electron chi connectivity index (χ4n) is 1.25. The third-order valence-corrected chi connectivity index (χ3v) is 4.05. The molecule has 1 aromatic carbocycles. The Morgan fingerprint density at radius 2 is 2.20 bits per heavy atom. The number of hydrogen-bond acceptors (Lipinski definition) is 6. The topological polar surface area (TPSA) is 98.0 Å². The molecule has 1 aromatic heterocycles. The van der Waals surface area contributed by atoms with Crippen molar-refractivity contribution in [3.05, 3.63) is 35.6 Å². The summed E-state index contributed by atoms with van der Waals surface area (Å²) < 4.78 is 13.5. The van der Waals surface area contributed by atoms with Gasteiger partial charge in [0.25, 0.3) is 5.91 Å². The number of carbonyl (C=O) groups is 2. The van der Waals surface area contributed by atoms with Crippen molar-refractivity contribution < 1.29 is 14.0 Å². The van der Waals surface area contributed by atoms with Gasteiger partial charge in [0.2, 0.25) is 11.0 Å². The van der Waals surface area contributed by atoms with Crippen LogP contribution in [0.25, 0.3) is 0 Å². The van der Waals surface area contributed by atoms with E-state index in [-0.39, 0.29) is 16.4 Å². The van der Waals surface area contributed by atoms with Crippen molar-refractivity contribution in [2.75, 3.05) is 11.1 Å². The van der Waals surface area contributed by atoms with Gasteiger partial charge in [-0.1, -0.05) is 29.2 Å². The number of primary amides is 1. The molecule has 3 N–H and O–H groups in total. The summed E-state index contributed by atoms with van der Waals surface area (Å²) in [5, 5.41) is 10.3. The van der Waals surface area contributed by atoms with Crippen molar-refractivity contribution in [2.45, 2.75) is 4.34 Å². The number of halogens is 1. The number of aromatic nitrogens is 2. The van der Waals surface area contributed by atoms with E-state index in [1.54, 1.807) is 0 Å². The molecule has 2 amide bonds. The number of nitrogens with zero attached hydrogens (tertiary/aromatic N) is 2. The van der Waals surface area contributed by atoms with Crippen molar-refractivity contribution in [1.29, 1.82) is 0 Å². The predicted molar refractivity (Wildman–Crippen MR) is 74.2 cm³/mol. The number of benzene rings is 1. The third-order valence-electron chi connectivity index (χ3n) is 2.05. The molecule has 2 aromatic rings. The molecule has 104 valence electrons. The molecular formula is C11H9FN4O2S2. The summed E-state index contributed by atoms with van der Waals surface area (Å²) >= 11 is 2.24. The average Bonchev–Trinajstić information content (AvgIpc) is 2.84. The van der Waals surface area contributed by atoms with Crippen LogP contribution in [0.3, 0.4) is 0 Å². The molecule has 0 saturated carbocycles. The molecule has 0 bridgehead atoms. The lowest BCUT2D eigenvalue weighted by Crippen LogP contribution is -2.12. The summed E-state index contributed by atoms with van der Waals surface area (Å²) in [5.41, 5.74) is 5.20. The maximum absolute atomic E-state index is 13.0. The van der Waals surface area contributed by atoms with Crippen molar-refractivity contribution >= 4 is 40.0 Å². The van der Waals surface area contributed by atoms with Crippen molar-refractivity contribution in [1.82, 2.24) is 10.2 Å². The lowest BCUT2D eigenvalue weighted by atomic mass is 10.2. The van der Waals surface area contributed by atoms with E-state index in [2.05, 4.69) is 15.5 Å². The zero-order valence-electron chi connectivity index (χ0n) is 10.00. The van der Waals surface area contributed by atoms with Crippen LogP contribution in [0.5, 0.6) is 0 Å². The van der Waals surface area contributed by atoms with Gasteiger partial charge in [0.05, 0.1) is 5.75 Å². The minimum absolute atomic E-state index is 0.0898. The van der Waals surface area contributed by atoms with Crippen LogP contribution in [0.15, 0.2) is 28.6 Å². The number of hydrogen-bond donors (Lipinski definition) is 2. The van der Waals surface area contributed by atoms with Gasteiger partial charge in [-0.15, -0.1) is 10.2 Å². The number of thioether (sulfide) groups is 1. The van der Waals surface area contributed by atoms with Crippen LogP contribution in [0.1, 0.15) is 10.4 Å². The Morgan fingerprint density at radius 3 is 2.90 bits per heavy atom. The van der Waals surface area contributed by atoms with Gasteiger partial charge in [0.1, 0.15) is 5.82 Å². The van der Waals surface area contributed by atoms with Crippen molar-refractivity contribution in [3.63, 3.8) is 0 Å². The van der Waals surface area contributed by atoms with Gasteiger partial charge in [-0.25, -0.2) is 4.39 Å². The number of carbonyl (C=O) groups excluding carboxylic acids is 2. The molecule has 0 spiro atoms. The van der Waals surface area contributed by atoms with E-state index in [0.29, 0.717) is 4.34 Å². The SMILES string of the molecule is NC(=O)CSc1nnc(NC(=O)c2cccc(F)c2)s1. The smallest absolute Gasteiger partial charge is 0.257 e. The molecule has 9 heteroatoms. The lowest BCUT2D eigenvalue weighted by Gasteiger charge is -2.00. The van der Waals surface area contributed by atoms with E-state index in [4.69, 9.17) is 5.73 Å². The zero-order valence-corrected chi connectivity index (χ0v) is 11.6. The van der Waals surface area contributed by atoms with Gasteiger partial charge >= 0.3 is 0 Å². The Kier molecular flexibility index (Phi) is 4.64. The first-order valence-electron chi connectivity index (χ1n) is 5.36. The highest BCUT2D eigenvalue weighted by molar-refractivity contribution is 8.01. The van der Waals surface area contributed by atoms with Gasteiger partial charge in [0.15, 0.2) is 4.34 Å². The van der Waals surface area contributed by atoms with Crippen LogP contribution in [0.4, 0.5) is 9.52 Å². The van der Waals surface area contributed by atoms with Crippen molar-refractivity contribution in [2.24, 2.45) is 5.73 Å². The highest BCUT2D eigenvalue weighted by atomic mass is 32.2. The number of anilines is 1. The van der Waals surface area contributed by atoms with Gasteiger partial charge < -0.3 is 5.73 Å². The Labute approximate surface area is 121 Å². The molecule has 0 atom stereocenters. The maximum atomic E-state index is 13.0. The maximum Gasteiger partial charge on any atom is 0.257 e. The molecule has 1 heterocycles. The Morgan fingerprint density at radius 1 is 1.40 bits per heavy atom. The van der Waals surface area contributed by atoms with Crippen LogP contribution in [-0.2, 0) is 4.79 Å². The van der Waals surface area contributed by atoms with Gasteiger partial charge in [-0.3, -0.25) is 14.9 Å². The summed E-state index contributed by atoms with van der Waals surface area (Å²) in [6.07, 6.45) is 0. The largest absolute Gasteiger partial charge is 0.369 e. The van der Waals surface area contributed by atoms with Crippen LogP contribution in [0, 0.1) is 5.82 Å². The van der Waals surface area contributed by atoms with Gasteiger partial charge in [-0.05, 0) is 18.2 Å². The minimum atomic E-state index is -0.493. The predicted octanol–water partition coefficient (Wildman–Crippen LogP) is 1.51. The highest BCUT2D eigenvalue weighted by Crippen LogP contribution is 2.25. The van der Waals surface area contributed by atoms with Crippen molar-refractivity contribution in [3.8, 4) is 0 Å². The first-order chi connectivity index (χ1) is 9.54. The third kappa shape index (κ3) is 4.00. The summed E-state index contributed by atoms with van der Waals surface area (Å²) in [6.45, 7) is 0. The molecule has 0 radical (unpaired) electrons. The number of rotatable bonds is 5. The molecule has 0 saturated heterocycles. The summed E-state index contributed by atoms with van der Waals surface area (Å²) in [4.78, 5) is 22.4. The summed E-state index contributed by atoms with van der Waals surface area (Å²) in [5.74, 6) is -1.35. The molecule has 6 nitrogen and oxygen atoms in total. The lowest BCUT2D eigenvalue weighted by molar-refractivity contribution is -0.115. The normalized spacial score (nSPS) is 10.2. The van der Waals surface area contributed by atoms with E-state index < -0.39 is 17.6 Å². The zero-order chi connectivity index (χ0) is 14.5. The first-order valence-corrected chi connectivity index (χ1v) is 7.16. The second-order valence-corrected chi connectivity index (χ2v) is 5.79. The van der Waals surface area contributed by atoms with Gasteiger partial charge in [-0.2, -0.15) is 0 Å². The standard InChI is InChI=1S/C11H9FN4O2S2/c12-7-3-1-2-6(4-7)9(18)14-10-15-16-11(20-10)19-5-8(13)17/h1-4H,5H2,(H2,13,17)(H,14,15,18). The Balaban J connectivity index is 1.99. The molecule has 0 fully saturated rings. The van der Waals surface area contributed by atoms with Gasteiger partial charge in [0, 0.05) is 5.56 Å². The highest BCUT2D eigenvalue weighted by Gasteiger charge is 2.11. The minimum Gasteiger partial charge on any atom is -0.369 e. The van der Waals surface area contributed by atoms with E-state index in [1.165, 1.54) is 18.2 Å². The van der Waals surface area contributed by atoms with Crippen LogP contribution in [-0.4, -0.2) is 27.8 Å². The summed E-state index contributed by atoms with van der Waals surface area (Å²) in [7, 11) is 0. The molecular weight excluding hydrogens is 303 g/mol. The molecule has 0 aliphatic carbocycles. The summed E-state index contributed by atoms with van der Waals surface area (Å²) in [6, 6.07) is 5.31. The second kappa shape index (κ2) is 6.44. The fourth-order valence-corrected chi connectivity index (χ4v) is 2.74. The quantitative estimate of drug-likeness (QED) is 0.644. The Hall–Kier alpha value is -2.00. The molecule has 0 unspecified atom stereocenters. The monoisotopic (exact) mass is 312 g/mol. The average molecular weight is 312 g/mol. The second-order valence-electron chi connectivity index (χ2n) is 3.59. The van der Waals surface area contributed by atoms with E-state index >= 15 is 0 Å². The molecule has 2 rings (SSSR count). The fraction of sp³-hybridized carbons (Fsp3) is 0.0909. The van der Waals surface area contributed by atoms with Crippen LogP contribution < -0.4 is 11.1 Å². The number of nitrogens with one attached hydrogen (secondary N) is 1. The van der Waals surface area contributed by atoms with Crippen LogP contribution >= 0.6 is 23.1 Å². The van der Waals surface area contributed by atoms with E-state index in [0.717, 1.165) is 29.2 Å². The first kappa shape index (κ1) is 14.4. The number of nitrogens with two attached hydrogens (primary N) is 1. The van der Waals surface area contributed by atoms with Crippen LogP contribution in [0.2, 0.25) is 0 Å². The Bertz CT molecular complexity index is 647. The molecule has 20 heavy (non-hydrogen) atoms. The van der Waals surface area contributed by atoms with E-state index in [9.17, 15) is 14.0 Å².